The highest BCUT2D eigenvalue weighted by molar-refractivity contribution is 5.86. The van der Waals surface area contributed by atoms with Gasteiger partial charge in [0.15, 0.2) is 11.6 Å². The molecule has 0 radical (unpaired) electrons. The van der Waals surface area contributed by atoms with Gasteiger partial charge in [0.2, 0.25) is 11.8 Å². The molecule has 2 aromatic carbocycles. The number of methoxy groups -OCH3 is 1. The SMILES string of the molecule is COc1ccc(COC(=O)[C@@H](NC(=O)C[C@@H]2CCC(=O)N2Cc2cccc(F)c2F)C(C)C)cc1. The number of halogens is 2. The highest BCUT2D eigenvalue weighted by Gasteiger charge is 2.34. The number of carbonyl (C=O) groups excluding carboxylic acids is 3. The summed E-state index contributed by atoms with van der Waals surface area (Å²) < 4.78 is 38.2. The number of ether oxygens (including phenoxy) is 2. The zero-order chi connectivity index (χ0) is 25.5. The molecule has 7 nitrogen and oxygen atoms in total. The van der Waals surface area contributed by atoms with E-state index in [4.69, 9.17) is 9.47 Å². The Kier molecular flexibility index (Phi) is 8.78. The third-order valence-corrected chi connectivity index (χ3v) is 6.02. The lowest BCUT2D eigenvalue weighted by molar-refractivity contribution is -0.150. The lowest BCUT2D eigenvalue weighted by atomic mass is 10.0. The second-order valence-corrected chi connectivity index (χ2v) is 8.88. The minimum atomic E-state index is -1.00. The Morgan fingerprint density at radius 1 is 1.14 bits per heavy atom. The molecule has 0 aliphatic carbocycles. The van der Waals surface area contributed by atoms with Crippen molar-refractivity contribution in [1.82, 2.24) is 10.2 Å². The van der Waals surface area contributed by atoms with Crippen molar-refractivity contribution in [3.05, 3.63) is 65.2 Å². The van der Waals surface area contributed by atoms with E-state index in [0.29, 0.717) is 12.2 Å². The fourth-order valence-electron chi connectivity index (χ4n) is 3.99. The van der Waals surface area contributed by atoms with Crippen LogP contribution in [-0.2, 0) is 32.3 Å². The zero-order valence-electron chi connectivity index (χ0n) is 20.1. The number of carbonyl (C=O) groups is 3. The molecule has 2 atom stereocenters. The summed E-state index contributed by atoms with van der Waals surface area (Å²) in [6.45, 7) is 3.50. The molecule has 3 rings (SSSR count). The maximum Gasteiger partial charge on any atom is 0.329 e. The fraction of sp³-hybridized carbons (Fsp3) is 0.423. The first-order valence-corrected chi connectivity index (χ1v) is 11.5. The maximum absolute atomic E-state index is 14.1. The highest BCUT2D eigenvalue weighted by Crippen LogP contribution is 2.25. The number of nitrogens with one attached hydrogen (secondary N) is 1. The summed E-state index contributed by atoms with van der Waals surface area (Å²) >= 11 is 0. The summed E-state index contributed by atoms with van der Waals surface area (Å²) in [4.78, 5) is 39.2. The monoisotopic (exact) mass is 488 g/mol. The molecule has 9 heteroatoms. The van der Waals surface area contributed by atoms with Crippen LogP contribution in [0.1, 0.15) is 44.2 Å². The topological polar surface area (TPSA) is 84.9 Å². The van der Waals surface area contributed by atoms with Crippen LogP contribution < -0.4 is 10.1 Å². The molecule has 1 saturated heterocycles. The van der Waals surface area contributed by atoms with Crippen LogP contribution in [-0.4, -0.2) is 41.9 Å². The minimum absolute atomic E-state index is 0.0476. The van der Waals surface area contributed by atoms with Crippen LogP contribution in [0.5, 0.6) is 5.75 Å². The van der Waals surface area contributed by atoms with E-state index in [2.05, 4.69) is 5.32 Å². The molecule has 1 fully saturated rings. The first kappa shape index (κ1) is 26.1. The third kappa shape index (κ3) is 6.77. The second kappa shape index (κ2) is 11.8. The molecule has 2 aromatic rings. The summed E-state index contributed by atoms with van der Waals surface area (Å²) in [5, 5.41) is 2.71. The summed E-state index contributed by atoms with van der Waals surface area (Å²) in [6.07, 6.45) is 0.571. The number of amides is 2. The lowest BCUT2D eigenvalue weighted by Gasteiger charge is -2.26. The van der Waals surface area contributed by atoms with Gasteiger partial charge in [-0.05, 0) is 36.1 Å². The number of rotatable bonds is 10. The van der Waals surface area contributed by atoms with Crippen LogP contribution in [0.2, 0.25) is 0 Å². The van der Waals surface area contributed by atoms with Gasteiger partial charge in [-0.2, -0.15) is 0 Å². The molecule has 0 saturated carbocycles. The number of hydrogen-bond acceptors (Lipinski definition) is 5. The lowest BCUT2D eigenvalue weighted by Crippen LogP contribution is -2.47. The van der Waals surface area contributed by atoms with Gasteiger partial charge >= 0.3 is 5.97 Å². The van der Waals surface area contributed by atoms with Crippen LogP contribution in [0, 0.1) is 17.6 Å². The molecule has 0 unspecified atom stereocenters. The van der Waals surface area contributed by atoms with Crippen LogP contribution in [0.4, 0.5) is 8.78 Å². The van der Waals surface area contributed by atoms with Gasteiger partial charge in [-0.25, -0.2) is 13.6 Å². The number of benzene rings is 2. The quantitative estimate of drug-likeness (QED) is 0.515. The van der Waals surface area contributed by atoms with E-state index >= 15 is 0 Å². The van der Waals surface area contributed by atoms with Gasteiger partial charge < -0.3 is 19.7 Å². The van der Waals surface area contributed by atoms with Gasteiger partial charge in [-0.1, -0.05) is 38.1 Å². The van der Waals surface area contributed by atoms with Crippen molar-refractivity contribution in [3.63, 3.8) is 0 Å². The third-order valence-electron chi connectivity index (χ3n) is 6.02. The van der Waals surface area contributed by atoms with E-state index in [1.165, 1.54) is 17.0 Å². The van der Waals surface area contributed by atoms with Crippen molar-refractivity contribution in [1.29, 1.82) is 0 Å². The number of esters is 1. The predicted molar refractivity (Wildman–Crippen MR) is 124 cm³/mol. The molecule has 1 aliphatic rings. The average molecular weight is 489 g/mol. The van der Waals surface area contributed by atoms with Crippen LogP contribution in [0.15, 0.2) is 42.5 Å². The molecular formula is C26H30F2N2O5. The molecule has 0 bridgehead atoms. The van der Waals surface area contributed by atoms with Crippen molar-refractivity contribution >= 4 is 17.8 Å². The zero-order valence-corrected chi connectivity index (χ0v) is 20.1. The van der Waals surface area contributed by atoms with E-state index in [1.807, 2.05) is 0 Å². The molecule has 188 valence electrons. The highest BCUT2D eigenvalue weighted by atomic mass is 19.2. The second-order valence-electron chi connectivity index (χ2n) is 8.88. The Morgan fingerprint density at radius 3 is 2.51 bits per heavy atom. The van der Waals surface area contributed by atoms with Gasteiger partial charge in [0.05, 0.1) is 7.11 Å². The van der Waals surface area contributed by atoms with Crippen molar-refractivity contribution in [2.45, 2.75) is 58.3 Å². The molecule has 1 heterocycles. The predicted octanol–water partition coefficient (Wildman–Crippen LogP) is 3.74. The number of nitrogens with zero attached hydrogens (tertiary/aromatic N) is 1. The molecule has 1 aliphatic heterocycles. The van der Waals surface area contributed by atoms with E-state index in [-0.39, 0.29) is 43.4 Å². The fourth-order valence-corrected chi connectivity index (χ4v) is 3.99. The van der Waals surface area contributed by atoms with Crippen molar-refractivity contribution < 1.29 is 32.6 Å². The standard InChI is InChI=1S/C26H30F2N2O5/c1-16(2)25(26(33)35-15-17-7-10-20(34-3)11-8-17)29-22(31)13-19-9-12-23(32)30(19)14-18-5-4-6-21(27)24(18)28/h4-8,10-11,16,19,25H,9,12-15H2,1-3H3,(H,29,31)/t19-,25-/m0/s1. The minimum Gasteiger partial charge on any atom is -0.497 e. The van der Waals surface area contributed by atoms with Gasteiger partial charge in [0.1, 0.15) is 18.4 Å². The van der Waals surface area contributed by atoms with Crippen LogP contribution in [0.3, 0.4) is 0 Å². The van der Waals surface area contributed by atoms with Gasteiger partial charge in [0, 0.05) is 31.0 Å². The average Bonchev–Trinajstić information content (AvgIpc) is 3.17. The van der Waals surface area contributed by atoms with E-state index in [9.17, 15) is 23.2 Å². The Morgan fingerprint density at radius 2 is 1.86 bits per heavy atom. The van der Waals surface area contributed by atoms with Gasteiger partial charge in [-0.15, -0.1) is 0 Å². The Bertz CT molecular complexity index is 1060. The number of hydrogen-bond donors (Lipinski definition) is 1. The summed E-state index contributed by atoms with van der Waals surface area (Å²) in [5.41, 5.74) is 0.825. The molecule has 35 heavy (non-hydrogen) atoms. The van der Waals surface area contributed by atoms with E-state index in [1.54, 1.807) is 45.2 Å². The molecule has 1 N–H and O–H groups in total. The summed E-state index contributed by atoms with van der Waals surface area (Å²) in [5.74, 6) is -2.76. The molecule has 0 aromatic heterocycles. The molecule has 0 spiro atoms. The largest absolute Gasteiger partial charge is 0.497 e. The Labute approximate surface area is 203 Å². The molecule has 2 amide bonds. The first-order valence-electron chi connectivity index (χ1n) is 11.5. The number of likely N-dealkylation sites (tertiary alicyclic amines) is 1. The van der Waals surface area contributed by atoms with Crippen LogP contribution >= 0.6 is 0 Å². The van der Waals surface area contributed by atoms with Gasteiger partial charge in [-0.3, -0.25) is 9.59 Å². The van der Waals surface area contributed by atoms with E-state index in [0.717, 1.165) is 11.6 Å². The smallest absolute Gasteiger partial charge is 0.329 e. The normalized spacial score (nSPS) is 16.3. The van der Waals surface area contributed by atoms with E-state index < -0.39 is 35.6 Å². The van der Waals surface area contributed by atoms with Crippen LogP contribution in [0.25, 0.3) is 0 Å². The van der Waals surface area contributed by atoms with Crippen molar-refractivity contribution in [2.24, 2.45) is 5.92 Å². The Hall–Kier alpha value is -3.49. The summed E-state index contributed by atoms with van der Waals surface area (Å²) in [7, 11) is 1.56. The van der Waals surface area contributed by atoms with Crippen molar-refractivity contribution in [2.75, 3.05) is 7.11 Å². The molecular weight excluding hydrogens is 458 g/mol. The summed E-state index contributed by atoms with van der Waals surface area (Å²) in [6, 6.07) is 9.53. The van der Waals surface area contributed by atoms with Crippen molar-refractivity contribution in [3.8, 4) is 5.75 Å². The Balaban J connectivity index is 1.58. The maximum atomic E-state index is 14.1. The van der Waals surface area contributed by atoms with Gasteiger partial charge in [0.25, 0.3) is 0 Å². The first-order chi connectivity index (χ1) is 16.7.